The number of anilines is 1. The Kier molecular flexibility index (Phi) is 4.74. The lowest BCUT2D eigenvalue weighted by molar-refractivity contribution is 0.0347. The SMILES string of the molecule is Cc1cnc(NCCOC2CCCCC2)nc1. The zero-order chi connectivity index (χ0) is 11.9. The molecule has 0 bridgehead atoms. The molecule has 1 fully saturated rings. The summed E-state index contributed by atoms with van der Waals surface area (Å²) in [6.07, 6.45) is 10.6. The minimum atomic E-state index is 0.476. The first kappa shape index (κ1) is 12.3. The van der Waals surface area contributed by atoms with E-state index in [1.165, 1.54) is 32.1 Å². The van der Waals surface area contributed by atoms with E-state index in [0.717, 1.165) is 18.7 Å². The summed E-state index contributed by atoms with van der Waals surface area (Å²) in [4.78, 5) is 8.37. The number of aromatic nitrogens is 2. The Labute approximate surface area is 103 Å². The molecule has 0 saturated heterocycles. The van der Waals surface area contributed by atoms with Crippen LogP contribution in [0.3, 0.4) is 0 Å². The van der Waals surface area contributed by atoms with E-state index in [0.29, 0.717) is 12.1 Å². The maximum atomic E-state index is 5.81. The van der Waals surface area contributed by atoms with Crippen LogP contribution in [-0.2, 0) is 4.74 Å². The van der Waals surface area contributed by atoms with Crippen LogP contribution in [-0.4, -0.2) is 29.2 Å². The molecule has 0 radical (unpaired) electrons. The molecule has 0 unspecified atom stereocenters. The maximum absolute atomic E-state index is 5.81. The summed E-state index contributed by atoms with van der Waals surface area (Å²) < 4.78 is 5.81. The highest BCUT2D eigenvalue weighted by molar-refractivity contribution is 5.23. The van der Waals surface area contributed by atoms with Crippen molar-refractivity contribution in [3.63, 3.8) is 0 Å². The number of nitrogens with one attached hydrogen (secondary N) is 1. The van der Waals surface area contributed by atoms with E-state index < -0.39 is 0 Å². The standard InChI is InChI=1S/C13H21N3O/c1-11-9-15-13(16-10-11)14-7-8-17-12-5-3-2-4-6-12/h9-10,12H,2-8H2,1H3,(H,14,15,16). The second-order valence-corrected chi connectivity index (χ2v) is 4.64. The Morgan fingerprint density at radius 3 is 2.65 bits per heavy atom. The first-order valence-corrected chi connectivity index (χ1v) is 6.49. The van der Waals surface area contributed by atoms with Gasteiger partial charge < -0.3 is 10.1 Å². The zero-order valence-electron chi connectivity index (χ0n) is 10.5. The van der Waals surface area contributed by atoms with Gasteiger partial charge in [-0.05, 0) is 25.3 Å². The van der Waals surface area contributed by atoms with Crippen molar-refractivity contribution >= 4 is 5.95 Å². The van der Waals surface area contributed by atoms with Gasteiger partial charge in [-0.3, -0.25) is 0 Å². The van der Waals surface area contributed by atoms with Gasteiger partial charge in [0.2, 0.25) is 5.95 Å². The molecule has 94 valence electrons. The molecule has 1 aromatic heterocycles. The first-order chi connectivity index (χ1) is 8.34. The Bertz CT molecular complexity index is 320. The molecule has 4 nitrogen and oxygen atoms in total. The fraction of sp³-hybridized carbons (Fsp3) is 0.692. The third-order valence-electron chi connectivity index (χ3n) is 3.07. The fourth-order valence-corrected chi connectivity index (χ4v) is 2.10. The summed E-state index contributed by atoms with van der Waals surface area (Å²) in [5.74, 6) is 0.683. The van der Waals surface area contributed by atoms with Crippen molar-refractivity contribution in [3.8, 4) is 0 Å². The van der Waals surface area contributed by atoms with Gasteiger partial charge in [0.1, 0.15) is 0 Å². The molecule has 1 aliphatic carbocycles. The van der Waals surface area contributed by atoms with Crippen LogP contribution >= 0.6 is 0 Å². The summed E-state index contributed by atoms with van der Waals surface area (Å²) in [5, 5.41) is 3.16. The highest BCUT2D eigenvalue weighted by Gasteiger charge is 2.12. The predicted octanol–water partition coefficient (Wildman–Crippen LogP) is 2.55. The number of aryl methyl sites for hydroxylation is 1. The molecule has 0 atom stereocenters. The number of nitrogens with zero attached hydrogens (tertiary/aromatic N) is 2. The molecule has 1 aromatic rings. The molecule has 4 heteroatoms. The van der Waals surface area contributed by atoms with Crippen LogP contribution in [0.5, 0.6) is 0 Å². The van der Waals surface area contributed by atoms with Gasteiger partial charge in [-0.2, -0.15) is 0 Å². The Hall–Kier alpha value is -1.16. The van der Waals surface area contributed by atoms with Gasteiger partial charge in [0, 0.05) is 18.9 Å². The molecule has 0 aliphatic heterocycles. The zero-order valence-corrected chi connectivity index (χ0v) is 10.5. The van der Waals surface area contributed by atoms with Crippen molar-refractivity contribution in [2.75, 3.05) is 18.5 Å². The normalized spacial score (nSPS) is 17.0. The van der Waals surface area contributed by atoms with Crippen molar-refractivity contribution in [3.05, 3.63) is 18.0 Å². The fourth-order valence-electron chi connectivity index (χ4n) is 2.10. The average Bonchev–Trinajstić information content (AvgIpc) is 2.38. The van der Waals surface area contributed by atoms with Crippen molar-refractivity contribution in [2.24, 2.45) is 0 Å². The minimum absolute atomic E-state index is 0.476. The monoisotopic (exact) mass is 235 g/mol. The third-order valence-corrected chi connectivity index (χ3v) is 3.07. The molecule has 0 aromatic carbocycles. The third kappa shape index (κ3) is 4.30. The Morgan fingerprint density at radius 1 is 1.24 bits per heavy atom. The lowest BCUT2D eigenvalue weighted by Gasteiger charge is -2.21. The quantitative estimate of drug-likeness (QED) is 0.797. The van der Waals surface area contributed by atoms with E-state index in [1.807, 2.05) is 19.3 Å². The molecule has 0 spiro atoms. The van der Waals surface area contributed by atoms with E-state index in [2.05, 4.69) is 15.3 Å². The molecule has 1 N–H and O–H groups in total. The van der Waals surface area contributed by atoms with Crippen LogP contribution in [0.15, 0.2) is 12.4 Å². The van der Waals surface area contributed by atoms with E-state index in [9.17, 15) is 0 Å². The Morgan fingerprint density at radius 2 is 1.94 bits per heavy atom. The number of rotatable bonds is 5. The summed E-state index contributed by atoms with van der Waals surface area (Å²) in [6.45, 7) is 3.50. The molecular weight excluding hydrogens is 214 g/mol. The van der Waals surface area contributed by atoms with Crippen molar-refractivity contribution in [1.82, 2.24) is 9.97 Å². The summed E-state index contributed by atoms with van der Waals surface area (Å²) >= 11 is 0. The molecule has 1 heterocycles. The Balaban J connectivity index is 1.60. The van der Waals surface area contributed by atoms with Gasteiger partial charge in [-0.15, -0.1) is 0 Å². The van der Waals surface area contributed by atoms with Crippen LogP contribution in [0.25, 0.3) is 0 Å². The molecule has 2 rings (SSSR count). The number of hydrogen-bond donors (Lipinski definition) is 1. The van der Waals surface area contributed by atoms with E-state index in [-0.39, 0.29) is 0 Å². The predicted molar refractivity (Wildman–Crippen MR) is 68.1 cm³/mol. The topological polar surface area (TPSA) is 47.0 Å². The molecule has 17 heavy (non-hydrogen) atoms. The van der Waals surface area contributed by atoms with Gasteiger partial charge >= 0.3 is 0 Å². The van der Waals surface area contributed by atoms with Gasteiger partial charge in [0.25, 0.3) is 0 Å². The van der Waals surface area contributed by atoms with E-state index in [4.69, 9.17) is 4.74 Å². The second kappa shape index (κ2) is 6.55. The lowest BCUT2D eigenvalue weighted by atomic mass is 9.98. The first-order valence-electron chi connectivity index (χ1n) is 6.49. The van der Waals surface area contributed by atoms with Gasteiger partial charge in [-0.1, -0.05) is 19.3 Å². The van der Waals surface area contributed by atoms with E-state index >= 15 is 0 Å². The molecule has 0 amide bonds. The summed E-state index contributed by atoms with van der Waals surface area (Å²) in [5.41, 5.74) is 1.08. The van der Waals surface area contributed by atoms with Gasteiger partial charge in [-0.25, -0.2) is 9.97 Å². The summed E-state index contributed by atoms with van der Waals surface area (Å²) in [7, 11) is 0. The van der Waals surface area contributed by atoms with Crippen LogP contribution in [0, 0.1) is 6.92 Å². The largest absolute Gasteiger partial charge is 0.376 e. The number of hydrogen-bond acceptors (Lipinski definition) is 4. The highest BCUT2D eigenvalue weighted by atomic mass is 16.5. The minimum Gasteiger partial charge on any atom is -0.376 e. The molecule has 1 aliphatic rings. The van der Waals surface area contributed by atoms with Gasteiger partial charge in [0.15, 0.2) is 0 Å². The highest BCUT2D eigenvalue weighted by Crippen LogP contribution is 2.19. The smallest absolute Gasteiger partial charge is 0.222 e. The molecule has 1 saturated carbocycles. The van der Waals surface area contributed by atoms with Crippen molar-refractivity contribution < 1.29 is 4.74 Å². The lowest BCUT2D eigenvalue weighted by Crippen LogP contribution is -2.20. The van der Waals surface area contributed by atoms with Crippen LogP contribution < -0.4 is 5.32 Å². The van der Waals surface area contributed by atoms with Gasteiger partial charge in [0.05, 0.1) is 12.7 Å². The maximum Gasteiger partial charge on any atom is 0.222 e. The van der Waals surface area contributed by atoms with E-state index in [1.54, 1.807) is 0 Å². The van der Waals surface area contributed by atoms with Crippen molar-refractivity contribution in [2.45, 2.75) is 45.1 Å². The number of ether oxygens (including phenoxy) is 1. The van der Waals surface area contributed by atoms with Crippen LogP contribution in [0.1, 0.15) is 37.7 Å². The second-order valence-electron chi connectivity index (χ2n) is 4.64. The van der Waals surface area contributed by atoms with Crippen LogP contribution in [0.4, 0.5) is 5.95 Å². The van der Waals surface area contributed by atoms with Crippen LogP contribution in [0.2, 0.25) is 0 Å². The van der Waals surface area contributed by atoms with Crippen molar-refractivity contribution in [1.29, 1.82) is 0 Å². The average molecular weight is 235 g/mol. The summed E-state index contributed by atoms with van der Waals surface area (Å²) in [6, 6.07) is 0. The molecular formula is C13H21N3O.